The minimum atomic E-state index is 0.537. The highest BCUT2D eigenvalue weighted by Gasteiger charge is 2.01. The Labute approximate surface area is 138 Å². The lowest BCUT2D eigenvalue weighted by Gasteiger charge is -2.04. The first-order chi connectivity index (χ1) is 11.3. The van der Waals surface area contributed by atoms with Crippen LogP contribution in [0.25, 0.3) is 11.0 Å². The molecule has 0 amide bonds. The monoisotopic (exact) mass is 315 g/mol. The lowest BCUT2D eigenvalue weighted by Crippen LogP contribution is -2.33. The van der Waals surface area contributed by atoms with E-state index in [1.165, 1.54) is 32.1 Å². The van der Waals surface area contributed by atoms with Crippen molar-refractivity contribution in [1.82, 2.24) is 15.3 Å². The average Bonchev–Trinajstić information content (AvgIpc) is 2.96. The van der Waals surface area contributed by atoms with Crippen molar-refractivity contribution < 1.29 is 0 Å². The number of nitrogens with one attached hydrogen (secondary N) is 2. The number of aromatic amines is 1. The average molecular weight is 315 g/mol. The number of H-pyrrole nitrogens is 1. The molecule has 0 fully saturated rings. The van der Waals surface area contributed by atoms with E-state index in [0.717, 1.165) is 42.8 Å². The van der Waals surface area contributed by atoms with Gasteiger partial charge in [-0.3, -0.25) is 4.99 Å². The third-order valence-corrected chi connectivity index (χ3v) is 3.90. The maximum absolute atomic E-state index is 5.88. The van der Waals surface area contributed by atoms with Gasteiger partial charge in [0.05, 0.1) is 11.0 Å². The van der Waals surface area contributed by atoms with Gasteiger partial charge in [-0.15, -0.1) is 0 Å². The minimum Gasteiger partial charge on any atom is -0.370 e. The predicted octanol–water partition coefficient (Wildman–Crippen LogP) is 3.37. The summed E-state index contributed by atoms with van der Waals surface area (Å²) in [5.41, 5.74) is 7.97. The summed E-state index contributed by atoms with van der Waals surface area (Å²) in [4.78, 5) is 12.2. The Bertz CT molecular complexity index is 569. The Kier molecular flexibility index (Phi) is 7.43. The van der Waals surface area contributed by atoms with Crippen molar-refractivity contribution >= 4 is 17.0 Å². The number of unbranched alkanes of at least 4 members (excludes halogenated alkanes) is 5. The summed E-state index contributed by atoms with van der Waals surface area (Å²) in [5.74, 6) is 1.51. The number of nitrogens with two attached hydrogens (primary N) is 1. The highest BCUT2D eigenvalue weighted by atomic mass is 15.1. The Hall–Kier alpha value is -2.04. The molecular formula is C18H29N5. The Morgan fingerprint density at radius 2 is 1.96 bits per heavy atom. The molecule has 0 aliphatic rings. The SMILES string of the molecule is CCCCCCCCN=C(N)NCCc1nc2ccccc2[nH]1. The number of rotatable bonds is 10. The summed E-state index contributed by atoms with van der Waals surface area (Å²) >= 11 is 0. The standard InChI is InChI=1S/C18H29N5/c1-2-3-4-5-6-9-13-20-18(19)21-14-12-17-22-15-10-7-8-11-16(15)23-17/h7-8,10-11H,2-6,9,12-14H2,1H3,(H,22,23)(H3,19,20,21). The Morgan fingerprint density at radius 1 is 1.17 bits per heavy atom. The third kappa shape index (κ3) is 6.30. The number of hydrogen-bond donors (Lipinski definition) is 3. The molecule has 23 heavy (non-hydrogen) atoms. The molecule has 0 bridgehead atoms. The summed E-state index contributed by atoms with van der Waals surface area (Å²) in [6, 6.07) is 8.06. The molecule has 1 aromatic heterocycles. The van der Waals surface area contributed by atoms with Gasteiger partial charge in [0.2, 0.25) is 0 Å². The Morgan fingerprint density at radius 3 is 2.78 bits per heavy atom. The van der Waals surface area contributed by atoms with Crippen LogP contribution in [-0.4, -0.2) is 29.0 Å². The number of imidazole rings is 1. The van der Waals surface area contributed by atoms with Crippen molar-refractivity contribution in [2.24, 2.45) is 10.7 Å². The number of aromatic nitrogens is 2. The van der Waals surface area contributed by atoms with E-state index < -0.39 is 0 Å². The molecule has 0 saturated heterocycles. The molecule has 2 rings (SSSR count). The van der Waals surface area contributed by atoms with E-state index in [-0.39, 0.29) is 0 Å². The molecule has 0 spiro atoms. The van der Waals surface area contributed by atoms with Crippen LogP contribution in [0.4, 0.5) is 0 Å². The second-order valence-corrected chi connectivity index (χ2v) is 5.91. The topological polar surface area (TPSA) is 79.1 Å². The second kappa shape index (κ2) is 9.87. The molecular weight excluding hydrogens is 286 g/mol. The van der Waals surface area contributed by atoms with Crippen molar-refractivity contribution in [2.75, 3.05) is 13.1 Å². The maximum Gasteiger partial charge on any atom is 0.188 e. The van der Waals surface area contributed by atoms with Gasteiger partial charge < -0.3 is 16.0 Å². The van der Waals surface area contributed by atoms with Crippen molar-refractivity contribution in [3.8, 4) is 0 Å². The van der Waals surface area contributed by atoms with Gasteiger partial charge in [-0.25, -0.2) is 4.98 Å². The summed E-state index contributed by atoms with van der Waals surface area (Å²) in [5, 5.41) is 3.15. The van der Waals surface area contributed by atoms with E-state index in [1.54, 1.807) is 0 Å². The summed E-state index contributed by atoms with van der Waals surface area (Å²) < 4.78 is 0. The highest BCUT2D eigenvalue weighted by Crippen LogP contribution is 2.10. The fourth-order valence-electron chi connectivity index (χ4n) is 2.58. The van der Waals surface area contributed by atoms with Crippen LogP contribution in [0, 0.1) is 0 Å². The number of benzene rings is 1. The van der Waals surface area contributed by atoms with Gasteiger partial charge in [-0.1, -0.05) is 51.2 Å². The summed E-state index contributed by atoms with van der Waals surface area (Å²) in [7, 11) is 0. The first-order valence-corrected chi connectivity index (χ1v) is 8.77. The molecule has 0 atom stereocenters. The van der Waals surface area contributed by atoms with Crippen molar-refractivity contribution in [2.45, 2.75) is 51.9 Å². The van der Waals surface area contributed by atoms with Gasteiger partial charge in [-0.2, -0.15) is 0 Å². The number of hydrogen-bond acceptors (Lipinski definition) is 2. The fraction of sp³-hybridized carbons (Fsp3) is 0.556. The molecule has 0 unspecified atom stereocenters. The molecule has 1 heterocycles. The molecule has 126 valence electrons. The van der Waals surface area contributed by atoms with Gasteiger partial charge in [0, 0.05) is 19.5 Å². The quantitative estimate of drug-likeness (QED) is 0.357. The molecule has 4 N–H and O–H groups in total. The summed E-state index contributed by atoms with van der Waals surface area (Å²) in [6.07, 6.45) is 8.45. The molecule has 5 nitrogen and oxygen atoms in total. The van der Waals surface area contributed by atoms with Crippen LogP contribution in [-0.2, 0) is 6.42 Å². The van der Waals surface area contributed by atoms with E-state index >= 15 is 0 Å². The van der Waals surface area contributed by atoms with E-state index in [0.29, 0.717) is 5.96 Å². The lowest BCUT2D eigenvalue weighted by atomic mass is 10.1. The van der Waals surface area contributed by atoms with Crippen LogP contribution < -0.4 is 11.1 Å². The van der Waals surface area contributed by atoms with Crippen molar-refractivity contribution in [3.63, 3.8) is 0 Å². The van der Waals surface area contributed by atoms with Crippen LogP contribution in [0.5, 0.6) is 0 Å². The van der Waals surface area contributed by atoms with Crippen LogP contribution in [0.3, 0.4) is 0 Å². The van der Waals surface area contributed by atoms with Crippen LogP contribution in [0.2, 0.25) is 0 Å². The van der Waals surface area contributed by atoms with Crippen LogP contribution in [0.1, 0.15) is 51.3 Å². The summed E-state index contributed by atoms with van der Waals surface area (Å²) in [6.45, 7) is 3.79. The van der Waals surface area contributed by atoms with E-state index in [1.807, 2.05) is 24.3 Å². The first-order valence-electron chi connectivity index (χ1n) is 8.77. The second-order valence-electron chi connectivity index (χ2n) is 5.91. The first kappa shape index (κ1) is 17.3. The van der Waals surface area contributed by atoms with Gasteiger partial charge in [-0.05, 0) is 18.6 Å². The van der Waals surface area contributed by atoms with E-state index in [9.17, 15) is 0 Å². The minimum absolute atomic E-state index is 0.537. The molecule has 0 aliphatic heterocycles. The number of guanidine groups is 1. The number of aliphatic imine (C=N–C) groups is 1. The molecule has 0 radical (unpaired) electrons. The number of fused-ring (bicyclic) bond motifs is 1. The van der Waals surface area contributed by atoms with Crippen molar-refractivity contribution in [1.29, 1.82) is 0 Å². The molecule has 0 saturated carbocycles. The zero-order chi connectivity index (χ0) is 16.3. The van der Waals surface area contributed by atoms with E-state index in [4.69, 9.17) is 5.73 Å². The fourth-order valence-corrected chi connectivity index (χ4v) is 2.58. The molecule has 1 aromatic carbocycles. The normalized spacial score (nSPS) is 12.0. The van der Waals surface area contributed by atoms with Gasteiger partial charge in [0.25, 0.3) is 0 Å². The van der Waals surface area contributed by atoms with Crippen molar-refractivity contribution in [3.05, 3.63) is 30.1 Å². The molecule has 5 heteroatoms. The van der Waals surface area contributed by atoms with Crippen LogP contribution >= 0.6 is 0 Å². The third-order valence-electron chi connectivity index (χ3n) is 3.90. The number of para-hydroxylation sites is 2. The molecule has 2 aromatic rings. The van der Waals surface area contributed by atoms with E-state index in [2.05, 4.69) is 27.2 Å². The lowest BCUT2D eigenvalue weighted by molar-refractivity contribution is 0.611. The molecule has 0 aliphatic carbocycles. The van der Waals surface area contributed by atoms with Gasteiger partial charge in [0.15, 0.2) is 5.96 Å². The zero-order valence-electron chi connectivity index (χ0n) is 14.1. The van der Waals surface area contributed by atoms with Gasteiger partial charge >= 0.3 is 0 Å². The highest BCUT2D eigenvalue weighted by molar-refractivity contribution is 5.77. The van der Waals surface area contributed by atoms with Gasteiger partial charge in [0.1, 0.15) is 5.82 Å². The zero-order valence-corrected chi connectivity index (χ0v) is 14.1. The van der Waals surface area contributed by atoms with Crippen LogP contribution in [0.15, 0.2) is 29.3 Å². The number of nitrogens with zero attached hydrogens (tertiary/aromatic N) is 2. The smallest absolute Gasteiger partial charge is 0.188 e. The largest absolute Gasteiger partial charge is 0.370 e. The predicted molar refractivity (Wildman–Crippen MR) is 97.7 cm³/mol. The Balaban J connectivity index is 1.60. The maximum atomic E-state index is 5.88.